The molecule has 0 aromatic heterocycles. The number of amides is 2. The fourth-order valence-corrected chi connectivity index (χ4v) is 2.48. The molecule has 1 aromatic carbocycles. The van der Waals surface area contributed by atoms with E-state index in [0.29, 0.717) is 43.4 Å². The van der Waals surface area contributed by atoms with Crippen LogP contribution in [0.5, 0.6) is 0 Å². The van der Waals surface area contributed by atoms with Gasteiger partial charge in [0.15, 0.2) is 0 Å². The van der Waals surface area contributed by atoms with Crippen LogP contribution >= 0.6 is 11.6 Å². The van der Waals surface area contributed by atoms with Crippen LogP contribution in [0, 0.1) is 0 Å². The molecule has 0 unspecified atom stereocenters. The zero-order valence-electron chi connectivity index (χ0n) is 12.8. The number of carbonyl (C=O) groups is 2. The fourth-order valence-electron chi connectivity index (χ4n) is 2.29. The van der Waals surface area contributed by atoms with Crippen molar-refractivity contribution in [3.8, 4) is 0 Å². The van der Waals surface area contributed by atoms with Crippen LogP contribution in [0.4, 0.5) is 4.79 Å². The lowest BCUT2D eigenvalue weighted by molar-refractivity contribution is 0.0557. The van der Waals surface area contributed by atoms with Gasteiger partial charge in [0.2, 0.25) is 0 Å². The Bertz CT molecular complexity index is 528. The topological polar surface area (TPSA) is 49.9 Å². The maximum atomic E-state index is 12.4. The molecule has 22 heavy (non-hydrogen) atoms. The monoisotopic (exact) mass is 324 g/mol. The predicted molar refractivity (Wildman–Crippen MR) is 85.2 cm³/mol. The van der Waals surface area contributed by atoms with E-state index in [1.807, 2.05) is 6.92 Å². The summed E-state index contributed by atoms with van der Waals surface area (Å²) in [5, 5.41) is 0.545. The minimum absolute atomic E-state index is 0.0542. The number of halogens is 1. The number of hydrogen-bond donors (Lipinski definition) is 0. The van der Waals surface area contributed by atoms with Crippen molar-refractivity contribution in [1.29, 1.82) is 0 Å². The lowest BCUT2D eigenvalue weighted by atomic mass is 10.2. The molecule has 0 atom stereocenters. The highest BCUT2D eigenvalue weighted by Crippen LogP contribution is 2.14. The molecule has 1 heterocycles. The normalized spacial score (nSPS) is 14.8. The molecule has 2 rings (SSSR count). The summed E-state index contributed by atoms with van der Waals surface area (Å²) in [6, 6.07) is 6.91. The Morgan fingerprint density at radius 3 is 2.50 bits per heavy atom. The Kier molecular flexibility index (Phi) is 6.07. The van der Waals surface area contributed by atoms with Crippen LogP contribution in [0.2, 0.25) is 5.02 Å². The summed E-state index contributed by atoms with van der Waals surface area (Å²) in [5.41, 5.74) is 0.575. The summed E-state index contributed by atoms with van der Waals surface area (Å²) in [6.45, 7) is 4.52. The van der Waals surface area contributed by atoms with Crippen LogP contribution in [0.25, 0.3) is 0 Å². The van der Waals surface area contributed by atoms with Crippen molar-refractivity contribution in [2.24, 2.45) is 0 Å². The number of hydrogen-bond acceptors (Lipinski definition) is 3. The zero-order valence-corrected chi connectivity index (χ0v) is 13.5. The van der Waals surface area contributed by atoms with Crippen LogP contribution in [0.1, 0.15) is 30.1 Å². The number of carbonyl (C=O) groups excluding carboxylic acids is 2. The Hall–Kier alpha value is -1.75. The Labute approximate surface area is 135 Å². The fraction of sp³-hybridized carbons (Fsp3) is 0.500. The quantitative estimate of drug-likeness (QED) is 0.800. The summed E-state index contributed by atoms with van der Waals surface area (Å²) in [4.78, 5) is 27.6. The average molecular weight is 325 g/mol. The first-order valence-electron chi connectivity index (χ1n) is 7.58. The van der Waals surface area contributed by atoms with E-state index in [1.165, 1.54) is 0 Å². The van der Waals surface area contributed by atoms with E-state index >= 15 is 0 Å². The number of ether oxygens (including phenoxy) is 1. The first kappa shape index (κ1) is 16.6. The van der Waals surface area contributed by atoms with Crippen LogP contribution in [-0.2, 0) is 4.74 Å². The Balaban J connectivity index is 1.84. The molecule has 1 fully saturated rings. The van der Waals surface area contributed by atoms with Gasteiger partial charge in [0.05, 0.1) is 6.61 Å². The van der Waals surface area contributed by atoms with Gasteiger partial charge < -0.3 is 14.5 Å². The molecule has 6 heteroatoms. The second kappa shape index (κ2) is 8.03. The zero-order chi connectivity index (χ0) is 15.9. The van der Waals surface area contributed by atoms with Gasteiger partial charge in [0.1, 0.15) is 0 Å². The minimum Gasteiger partial charge on any atom is -0.449 e. The van der Waals surface area contributed by atoms with E-state index in [4.69, 9.17) is 16.3 Å². The lowest BCUT2D eigenvalue weighted by Crippen LogP contribution is -2.50. The molecule has 1 aliphatic rings. The third-order valence-electron chi connectivity index (χ3n) is 3.62. The summed E-state index contributed by atoms with van der Waals surface area (Å²) in [7, 11) is 0. The van der Waals surface area contributed by atoms with Gasteiger partial charge in [-0.15, -0.1) is 0 Å². The molecule has 1 aromatic rings. The maximum absolute atomic E-state index is 12.4. The minimum atomic E-state index is -0.289. The SMILES string of the molecule is CCCCOC(=O)N1CCN(C(=O)c2cccc(Cl)c2)CC1. The van der Waals surface area contributed by atoms with E-state index in [-0.39, 0.29) is 12.0 Å². The molecule has 0 aliphatic carbocycles. The highest BCUT2D eigenvalue weighted by atomic mass is 35.5. The summed E-state index contributed by atoms with van der Waals surface area (Å²) in [5.74, 6) is -0.0542. The summed E-state index contributed by atoms with van der Waals surface area (Å²) in [6.07, 6.45) is 1.58. The van der Waals surface area contributed by atoms with Gasteiger partial charge in [0, 0.05) is 36.8 Å². The number of nitrogens with zero attached hydrogens (tertiary/aromatic N) is 2. The average Bonchev–Trinajstić information content (AvgIpc) is 2.54. The van der Waals surface area contributed by atoms with Gasteiger partial charge in [0.25, 0.3) is 5.91 Å². The third-order valence-corrected chi connectivity index (χ3v) is 3.86. The highest BCUT2D eigenvalue weighted by Gasteiger charge is 2.25. The molecular weight excluding hydrogens is 304 g/mol. The molecular formula is C16H21ClN2O3. The van der Waals surface area contributed by atoms with Crippen molar-refractivity contribution in [1.82, 2.24) is 9.80 Å². The van der Waals surface area contributed by atoms with Crippen molar-refractivity contribution in [2.45, 2.75) is 19.8 Å². The molecule has 0 spiro atoms. The first-order valence-corrected chi connectivity index (χ1v) is 7.96. The van der Waals surface area contributed by atoms with Crippen molar-refractivity contribution < 1.29 is 14.3 Å². The number of piperazine rings is 1. The molecule has 2 amide bonds. The Morgan fingerprint density at radius 2 is 1.86 bits per heavy atom. The second-order valence-corrected chi connectivity index (χ2v) is 5.69. The Morgan fingerprint density at radius 1 is 1.18 bits per heavy atom. The van der Waals surface area contributed by atoms with E-state index in [2.05, 4.69) is 0 Å². The van der Waals surface area contributed by atoms with Crippen LogP contribution in [0.15, 0.2) is 24.3 Å². The van der Waals surface area contributed by atoms with E-state index in [9.17, 15) is 9.59 Å². The molecule has 1 saturated heterocycles. The number of unbranched alkanes of at least 4 members (excludes halogenated alkanes) is 1. The van der Waals surface area contributed by atoms with Gasteiger partial charge in [-0.25, -0.2) is 4.79 Å². The van der Waals surface area contributed by atoms with E-state index < -0.39 is 0 Å². The standard InChI is InChI=1S/C16H21ClN2O3/c1-2-3-11-22-16(21)19-9-7-18(8-10-19)15(20)13-5-4-6-14(17)12-13/h4-6,12H,2-3,7-11H2,1H3. The van der Waals surface area contributed by atoms with Crippen LogP contribution in [0.3, 0.4) is 0 Å². The molecule has 5 nitrogen and oxygen atoms in total. The van der Waals surface area contributed by atoms with Gasteiger partial charge in [-0.2, -0.15) is 0 Å². The summed E-state index contributed by atoms with van der Waals surface area (Å²) >= 11 is 5.91. The number of rotatable bonds is 4. The molecule has 0 bridgehead atoms. The van der Waals surface area contributed by atoms with Gasteiger partial charge in [-0.1, -0.05) is 31.0 Å². The van der Waals surface area contributed by atoms with Crippen molar-refractivity contribution in [3.05, 3.63) is 34.9 Å². The van der Waals surface area contributed by atoms with E-state index in [0.717, 1.165) is 12.8 Å². The third kappa shape index (κ3) is 4.37. The van der Waals surface area contributed by atoms with Crippen molar-refractivity contribution in [2.75, 3.05) is 32.8 Å². The second-order valence-electron chi connectivity index (χ2n) is 5.26. The van der Waals surface area contributed by atoms with Crippen LogP contribution < -0.4 is 0 Å². The number of benzene rings is 1. The molecule has 0 radical (unpaired) electrons. The molecule has 0 N–H and O–H groups in total. The molecule has 0 saturated carbocycles. The molecule has 120 valence electrons. The predicted octanol–water partition coefficient (Wildman–Crippen LogP) is 3.03. The van der Waals surface area contributed by atoms with E-state index in [1.54, 1.807) is 34.1 Å². The van der Waals surface area contributed by atoms with Gasteiger partial charge in [-0.05, 0) is 24.6 Å². The van der Waals surface area contributed by atoms with Gasteiger partial charge in [-0.3, -0.25) is 4.79 Å². The first-order chi connectivity index (χ1) is 10.6. The maximum Gasteiger partial charge on any atom is 0.409 e. The molecule has 1 aliphatic heterocycles. The van der Waals surface area contributed by atoms with Crippen LogP contribution in [-0.4, -0.2) is 54.6 Å². The summed E-state index contributed by atoms with van der Waals surface area (Å²) < 4.78 is 5.18. The largest absolute Gasteiger partial charge is 0.449 e. The highest BCUT2D eigenvalue weighted by molar-refractivity contribution is 6.30. The van der Waals surface area contributed by atoms with Crippen molar-refractivity contribution >= 4 is 23.6 Å². The lowest BCUT2D eigenvalue weighted by Gasteiger charge is -2.34. The van der Waals surface area contributed by atoms with Crippen molar-refractivity contribution in [3.63, 3.8) is 0 Å². The smallest absolute Gasteiger partial charge is 0.409 e. The van der Waals surface area contributed by atoms with Gasteiger partial charge >= 0.3 is 6.09 Å².